The van der Waals surface area contributed by atoms with Gasteiger partial charge in [-0.25, -0.2) is 8.42 Å². The number of benzene rings is 2. The molecule has 1 aliphatic rings. The number of thioether (sulfide) groups is 1. The lowest BCUT2D eigenvalue weighted by atomic mass is 10.1. The minimum atomic E-state index is -3.67. The predicted molar refractivity (Wildman–Crippen MR) is 130 cm³/mol. The number of rotatable bonds is 9. The molecule has 3 aromatic rings. The Morgan fingerprint density at radius 1 is 1.15 bits per heavy atom. The summed E-state index contributed by atoms with van der Waals surface area (Å²) < 4.78 is 33.0. The van der Waals surface area contributed by atoms with Gasteiger partial charge in [-0.1, -0.05) is 65.0 Å². The fraction of sp³-hybridized carbons (Fsp3) is 0.286. The van der Waals surface area contributed by atoms with Gasteiger partial charge >= 0.3 is 0 Å². The van der Waals surface area contributed by atoms with Crippen LogP contribution in [0.4, 0.5) is 5.13 Å². The number of ether oxygens (including phenoxy) is 1. The lowest BCUT2D eigenvalue weighted by molar-refractivity contribution is 0.0730. The molecular weight excluding hydrogens is 504 g/mol. The van der Waals surface area contributed by atoms with Gasteiger partial charge in [-0.2, -0.15) is 4.31 Å². The molecule has 0 saturated carbocycles. The van der Waals surface area contributed by atoms with Crippen LogP contribution in [0.25, 0.3) is 0 Å². The van der Waals surface area contributed by atoms with Crippen LogP contribution in [0, 0.1) is 0 Å². The third kappa shape index (κ3) is 6.11. The maximum atomic E-state index is 12.8. The van der Waals surface area contributed by atoms with Crippen molar-refractivity contribution in [2.24, 2.45) is 0 Å². The molecule has 1 aromatic heterocycles. The molecule has 1 fully saturated rings. The zero-order valence-electron chi connectivity index (χ0n) is 17.4. The van der Waals surface area contributed by atoms with Crippen LogP contribution in [0.5, 0.6) is 0 Å². The molecule has 0 aliphatic carbocycles. The van der Waals surface area contributed by atoms with Crippen LogP contribution >= 0.6 is 34.7 Å². The molecule has 1 saturated heterocycles. The molecule has 8 nitrogen and oxygen atoms in total. The van der Waals surface area contributed by atoms with Crippen molar-refractivity contribution >= 4 is 55.6 Å². The minimum Gasteiger partial charge on any atom is -0.379 e. The van der Waals surface area contributed by atoms with Crippen LogP contribution in [-0.2, 0) is 20.5 Å². The van der Waals surface area contributed by atoms with Crippen LogP contribution in [0.15, 0.2) is 57.8 Å². The topological polar surface area (TPSA) is 101 Å². The van der Waals surface area contributed by atoms with E-state index in [4.69, 9.17) is 16.3 Å². The number of hydrogen-bond acceptors (Lipinski definition) is 9. The van der Waals surface area contributed by atoms with Gasteiger partial charge < -0.3 is 10.1 Å². The average molecular weight is 525 g/mol. The quantitative estimate of drug-likeness (QED) is 0.333. The fourth-order valence-corrected chi connectivity index (χ4v) is 6.61. The summed E-state index contributed by atoms with van der Waals surface area (Å²) in [6.45, 7) is 1.31. The van der Waals surface area contributed by atoms with Crippen molar-refractivity contribution in [3.63, 3.8) is 0 Å². The van der Waals surface area contributed by atoms with E-state index in [9.17, 15) is 13.2 Å². The summed E-state index contributed by atoms with van der Waals surface area (Å²) in [4.78, 5) is 12.8. The van der Waals surface area contributed by atoms with E-state index < -0.39 is 10.0 Å². The molecule has 1 N–H and O–H groups in total. The third-order valence-corrected chi connectivity index (χ3v) is 9.21. The Kier molecular flexibility index (Phi) is 7.99. The molecule has 0 bridgehead atoms. The third-order valence-electron chi connectivity index (χ3n) is 4.88. The van der Waals surface area contributed by atoms with Gasteiger partial charge in [-0.3, -0.25) is 4.79 Å². The van der Waals surface area contributed by atoms with E-state index in [0.29, 0.717) is 47.8 Å². The molecule has 2 aromatic carbocycles. The zero-order chi connectivity index (χ0) is 23.3. The SMILES string of the molecule is O=C(CNc1nnc(SCc2ccccc2Cl)s1)c1cccc(S(=O)(=O)N2CCOCC2)c1. The number of aromatic nitrogens is 2. The maximum Gasteiger partial charge on any atom is 0.243 e. The Bertz CT molecular complexity index is 1230. The molecule has 0 atom stereocenters. The van der Waals surface area contributed by atoms with Gasteiger partial charge in [0, 0.05) is 29.4 Å². The molecule has 2 heterocycles. The number of morpholine rings is 1. The average Bonchev–Trinajstić information content (AvgIpc) is 3.30. The smallest absolute Gasteiger partial charge is 0.243 e. The second kappa shape index (κ2) is 10.9. The number of nitrogens with one attached hydrogen (secondary N) is 1. The molecule has 12 heteroatoms. The van der Waals surface area contributed by atoms with E-state index >= 15 is 0 Å². The summed E-state index contributed by atoms with van der Waals surface area (Å²) in [5.41, 5.74) is 1.32. The number of halogens is 1. The van der Waals surface area contributed by atoms with Crippen LogP contribution < -0.4 is 5.32 Å². The highest BCUT2D eigenvalue weighted by atomic mass is 35.5. The van der Waals surface area contributed by atoms with Crippen LogP contribution in [0.3, 0.4) is 0 Å². The molecule has 1 aliphatic heterocycles. The summed E-state index contributed by atoms with van der Waals surface area (Å²) >= 11 is 9.03. The number of hydrogen-bond donors (Lipinski definition) is 1. The number of nitrogens with zero attached hydrogens (tertiary/aromatic N) is 3. The van der Waals surface area contributed by atoms with Gasteiger partial charge in [0.1, 0.15) is 0 Å². The number of ketones is 1. The van der Waals surface area contributed by atoms with Crippen molar-refractivity contribution < 1.29 is 17.9 Å². The van der Waals surface area contributed by atoms with Gasteiger partial charge in [-0.05, 0) is 23.8 Å². The number of sulfonamides is 1. The van der Waals surface area contributed by atoms with Crippen LogP contribution in [0.2, 0.25) is 5.02 Å². The Hall–Kier alpha value is -2.02. The maximum absolute atomic E-state index is 12.8. The van der Waals surface area contributed by atoms with E-state index in [1.807, 2.05) is 24.3 Å². The molecule has 0 spiro atoms. The molecule has 4 rings (SSSR count). The first kappa shape index (κ1) is 24.1. The largest absolute Gasteiger partial charge is 0.379 e. The van der Waals surface area contributed by atoms with Gasteiger partial charge in [0.15, 0.2) is 10.1 Å². The number of Topliss-reactive ketones (excluding diaryl/α,β-unsaturated/α-hetero) is 1. The Balaban J connectivity index is 1.35. The van der Waals surface area contributed by atoms with Gasteiger partial charge in [0.2, 0.25) is 15.2 Å². The summed E-state index contributed by atoms with van der Waals surface area (Å²) in [5, 5.41) is 12.4. The normalized spacial score (nSPS) is 14.8. The van der Waals surface area contributed by atoms with E-state index in [-0.39, 0.29) is 17.2 Å². The first-order valence-electron chi connectivity index (χ1n) is 10.1. The van der Waals surface area contributed by atoms with E-state index in [2.05, 4.69) is 15.5 Å². The molecule has 0 radical (unpaired) electrons. The van der Waals surface area contributed by atoms with Crippen molar-refractivity contribution in [2.75, 3.05) is 38.2 Å². The van der Waals surface area contributed by atoms with E-state index in [0.717, 1.165) is 9.90 Å². The molecule has 0 amide bonds. The second-order valence-electron chi connectivity index (χ2n) is 7.07. The van der Waals surface area contributed by atoms with E-state index in [1.54, 1.807) is 12.1 Å². The zero-order valence-corrected chi connectivity index (χ0v) is 20.6. The lowest BCUT2D eigenvalue weighted by Gasteiger charge is -2.26. The summed E-state index contributed by atoms with van der Waals surface area (Å²) in [6.07, 6.45) is 0. The molecule has 33 heavy (non-hydrogen) atoms. The Labute approximate surface area is 205 Å². The predicted octanol–water partition coefficient (Wildman–Crippen LogP) is 3.80. The summed E-state index contributed by atoms with van der Waals surface area (Å²) in [7, 11) is -3.67. The monoisotopic (exact) mass is 524 g/mol. The van der Waals surface area contributed by atoms with Gasteiger partial charge in [0.25, 0.3) is 0 Å². The van der Waals surface area contributed by atoms with E-state index in [1.165, 1.54) is 39.5 Å². The number of carbonyl (C=O) groups is 1. The molecule has 174 valence electrons. The van der Waals surface area contributed by atoms with Crippen molar-refractivity contribution in [3.8, 4) is 0 Å². The van der Waals surface area contributed by atoms with Crippen molar-refractivity contribution in [2.45, 2.75) is 15.0 Å². The summed E-state index contributed by atoms with van der Waals surface area (Å²) in [6, 6.07) is 13.7. The van der Waals surface area contributed by atoms with Gasteiger partial charge in [0.05, 0.1) is 24.7 Å². The number of carbonyl (C=O) groups excluding carboxylic acids is 1. The first-order chi connectivity index (χ1) is 15.9. The lowest BCUT2D eigenvalue weighted by Crippen LogP contribution is -2.40. The van der Waals surface area contributed by atoms with Crippen molar-refractivity contribution in [3.05, 3.63) is 64.7 Å². The fourth-order valence-electron chi connectivity index (χ4n) is 3.12. The standard InChI is InChI=1S/C21H21ClN4O4S3/c22-18-7-2-1-4-16(18)14-31-21-25-24-20(32-21)23-13-19(27)15-5-3-6-17(12-15)33(28,29)26-8-10-30-11-9-26/h1-7,12H,8-11,13-14H2,(H,23,24). The highest BCUT2D eigenvalue weighted by molar-refractivity contribution is 8.00. The van der Waals surface area contributed by atoms with Gasteiger partial charge in [-0.15, -0.1) is 10.2 Å². The number of anilines is 1. The van der Waals surface area contributed by atoms with Crippen LogP contribution in [-0.4, -0.2) is 61.6 Å². The van der Waals surface area contributed by atoms with Crippen molar-refractivity contribution in [1.29, 1.82) is 0 Å². The molecular formula is C21H21ClN4O4S3. The first-order valence-corrected chi connectivity index (χ1v) is 13.7. The Morgan fingerprint density at radius 3 is 2.73 bits per heavy atom. The highest BCUT2D eigenvalue weighted by Gasteiger charge is 2.26. The summed E-state index contributed by atoms with van der Waals surface area (Å²) in [5.74, 6) is 0.423. The Morgan fingerprint density at radius 2 is 1.94 bits per heavy atom. The molecule has 0 unspecified atom stereocenters. The minimum absolute atomic E-state index is 0.0229. The highest BCUT2D eigenvalue weighted by Crippen LogP contribution is 2.30. The van der Waals surface area contributed by atoms with Crippen LogP contribution in [0.1, 0.15) is 15.9 Å². The van der Waals surface area contributed by atoms with Crippen molar-refractivity contribution in [1.82, 2.24) is 14.5 Å². The second-order valence-corrected chi connectivity index (χ2v) is 11.6.